The number of hydrogen-bond donors (Lipinski definition) is 0. The van der Waals surface area contributed by atoms with E-state index in [2.05, 4.69) is 0 Å². The number of hydrogen-bond acceptors (Lipinski definition) is 4. The van der Waals surface area contributed by atoms with Crippen LogP contribution in [0.1, 0.15) is 17.0 Å². The first-order valence-electron chi connectivity index (χ1n) is 10.3. The van der Waals surface area contributed by atoms with Gasteiger partial charge in [0.2, 0.25) is 15.9 Å². The molecule has 6 nitrogen and oxygen atoms in total. The zero-order valence-corrected chi connectivity index (χ0v) is 17.7. The number of ether oxygens (including phenoxy) is 1. The molecule has 1 saturated heterocycles. The lowest BCUT2D eigenvalue weighted by Crippen LogP contribution is -2.51. The topological polar surface area (TPSA) is 66.9 Å². The van der Waals surface area contributed by atoms with Crippen molar-refractivity contribution < 1.29 is 17.9 Å². The van der Waals surface area contributed by atoms with E-state index in [1.54, 1.807) is 35.2 Å². The molecule has 3 aromatic carbocycles. The number of piperazine rings is 1. The Morgan fingerprint density at radius 2 is 1.26 bits per heavy atom. The van der Waals surface area contributed by atoms with E-state index in [-0.39, 0.29) is 23.9 Å². The van der Waals surface area contributed by atoms with Crippen molar-refractivity contribution in [3.8, 4) is 11.5 Å². The van der Waals surface area contributed by atoms with E-state index in [4.69, 9.17) is 4.74 Å². The molecule has 1 fully saturated rings. The van der Waals surface area contributed by atoms with Crippen molar-refractivity contribution in [1.82, 2.24) is 9.21 Å². The average Bonchev–Trinajstić information content (AvgIpc) is 2.82. The lowest BCUT2D eigenvalue weighted by Gasteiger charge is -2.37. The van der Waals surface area contributed by atoms with Crippen LogP contribution in [0.4, 0.5) is 0 Å². The minimum atomic E-state index is -3.56. The maximum atomic E-state index is 13.6. The lowest BCUT2D eigenvalue weighted by atomic mass is 9.86. The van der Waals surface area contributed by atoms with Gasteiger partial charge >= 0.3 is 0 Å². The molecule has 0 radical (unpaired) electrons. The number of para-hydroxylation sites is 2. The third-order valence-electron chi connectivity index (χ3n) is 5.86. The summed E-state index contributed by atoms with van der Waals surface area (Å²) in [6, 6.07) is 23.6. The predicted molar refractivity (Wildman–Crippen MR) is 117 cm³/mol. The quantitative estimate of drug-likeness (QED) is 0.633. The van der Waals surface area contributed by atoms with Gasteiger partial charge in [0.15, 0.2) is 0 Å². The molecule has 2 aliphatic heterocycles. The zero-order valence-electron chi connectivity index (χ0n) is 16.8. The molecule has 2 heterocycles. The van der Waals surface area contributed by atoms with Crippen LogP contribution in [0.25, 0.3) is 0 Å². The number of carbonyl (C=O) groups excluding carboxylic acids is 1. The number of fused-ring (bicyclic) bond motifs is 2. The van der Waals surface area contributed by atoms with Gasteiger partial charge in [-0.25, -0.2) is 8.42 Å². The standard InChI is InChI=1S/C24H22N2O4S/c27-24(23-19-10-4-6-12-21(19)30-22-13-7-5-11-20(22)23)25-14-16-26(17-15-25)31(28,29)18-8-2-1-3-9-18/h1-13,23H,14-17H2. The Balaban J connectivity index is 1.38. The minimum Gasteiger partial charge on any atom is -0.457 e. The normalized spacial score (nSPS) is 16.8. The fourth-order valence-corrected chi connectivity index (χ4v) is 5.69. The van der Waals surface area contributed by atoms with Crippen molar-refractivity contribution in [2.45, 2.75) is 10.8 Å². The van der Waals surface area contributed by atoms with Crippen LogP contribution in [0, 0.1) is 0 Å². The summed E-state index contributed by atoms with van der Waals surface area (Å²) in [5.74, 6) is 0.882. The van der Waals surface area contributed by atoms with Crippen molar-refractivity contribution in [3.63, 3.8) is 0 Å². The number of benzene rings is 3. The highest BCUT2D eigenvalue weighted by atomic mass is 32.2. The van der Waals surface area contributed by atoms with E-state index in [1.165, 1.54) is 4.31 Å². The van der Waals surface area contributed by atoms with Gasteiger partial charge in [-0.1, -0.05) is 54.6 Å². The Hall–Kier alpha value is -3.16. The van der Waals surface area contributed by atoms with Gasteiger partial charge < -0.3 is 9.64 Å². The molecule has 0 aliphatic carbocycles. The summed E-state index contributed by atoms with van der Waals surface area (Å²) in [6.45, 7) is 1.25. The summed E-state index contributed by atoms with van der Waals surface area (Å²) in [7, 11) is -3.56. The maximum absolute atomic E-state index is 13.6. The Morgan fingerprint density at radius 3 is 1.84 bits per heavy atom. The Kier molecular flexibility index (Phi) is 5.00. The molecule has 7 heteroatoms. The molecule has 0 aromatic heterocycles. The van der Waals surface area contributed by atoms with E-state index in [0.717, 1.165) is 11.1 Å². The average molecular weight is 435 g/mol. The fraction of sp³-hybridized carbons (Fsp3) is 0.208. The summed E-state index contributed by atoms with van der Waals surface area (Å²) in [5, 5.41) is 0. The molecule has 1 amide bonds. The number of rotatable bonds is 3. The van der Waals surface area contributed by atoms with Gasteiger partial charge in [0, 0.05) is 37.3 Å². The third kappa shape index (κ3) is 3.49. The second-order valence-corrected chi connectivity index (χ2v) is 9.59. The molecular weight excluding hydrogens is 412 g/mol. The van der Waals surface area contributed by atoms with Crippen LogP contribution in [0.2, 0.25) is 0 Å². The number of amides is 1. The van der Waals surface area contributed by atoms with Gasteiger partial charge in [0.1, 0.15) is 11.5 Å². The first-order valence-corrected chi connectivity index (χ1v) is 11.7. The van der Waals surface area contributed by atoms with Gasteiger partial charge in [-0.3, -0.25) is 4.79 Å². The lowest BCUT2D eigenvalue weighted by molar-refractivity contribution is -0.133. The molecule has 31 heavy (non-hydrogen) atoms. The van der Waals surface area contributed by atoms with Crippen LogP contribution < -0.4 is 4.74 Å². The molecule has 2 aliphatic rings. The number of carbonyl (C=O) groups is 1. The van der Waals surface area contributed by atoms with Gasteiger partial charge in [-0.15, -0.1) is 0 Å². The largest absolute Gasteiger partial charge is 0.457 e. The third-order valence-corrected chi connectivity index (χ3v) is 7.77. The zero-order chi connectivity index (χ0) is 21.4. The van der Waals surface area contributed by atoms with Crippen LogP contribution in [-0.4, -0.2) is 49.7 Å². The van der Waals surface area contributed by atoms with Crippen LogP contribution in [0.3, 0.4) is 0 Å². The van der Waals surface area contributed by atoms with E-state index >= 15 is 0 Å². The first-order chi connectivity index (χ1) is 15.1. The molecule has 0 bridgehead atoms. The van der Waals surface area contributed by atoms with Gasteiger partial charge in [-0.2, -0.15) is 4.31 Å². The van der Waals surface area contributed by atoms with Gasteiger partial charge in [0.05, 0.1) is 10.8 Å². The van der Waals surface area contributed by atoms with Crippen molar-refractivity contribution in [1.29, 1.82) is 0 Å². The predicted octanol–water partition coefficient (Wildman–Crippen LogP) is 3.46. The SMILES string of the molecule is O=C(C1c2ccccc2Oc2ccccc21)N1CCN(S(=O)(=O)c2ccccc2)CC1. The summed E-state index contributed by atoms with van der Waals surface area (Å²) in [5.41, 5.74) is 1.68. The summed E-state index contributed by atoms with van der Waals surface area (Å²) < 4.78 is 33.3. The van der Waals surface area contributed by atoms with Crippen molar-refractivity contribution in [2.24, 2.45) is 0 Å². The number of sulfonamides is 1. The van der Waals surface area contributed by atoms with E-state index in [1.807, 2.05) is 48.5 Å². The molecule has 158 valence electrons. The highest BCUT2D eigenvalue weighted by Gasteiger charge is 2.37. The smallest absolute Gasteiger partial charge is 0.243 e. The molecule has 0 unspecified atom stereocenters. The monoisotopic (exact) mass is 434 g/mol. The summed E-state index contributed by atoms with van der Waals surface area (Å²) in [4.78, 5) is 15.7. The molecule has 0 saturated carbocycles. The van der Waals surface area contributed by atoms with Gasteiger partial charge in [-0.05, 0) is 24.3 Å². The second-order valence-electron chi connectivity index (χ2n) is 7.65. The van der Waals surface area contributed by atoms with Crippen LogP contribution in [-0.2, 0) is 14.8 Å². The highest BCUT2D eigenvalue weighted by Crippen LogP contribution is 2.44. The molecular formula is C24H22N2O4S. The first kappa shape index (κ1) is 19.8. The molecule has 0 N–H and O–H groups in total. The van der Waals surface area contributed by atoms with E-state index in [0.29, 0.717) is 24.6 Å². The summed E-state index contributed by atoms with van der Waals surface area (Å²) >= 11 is 0. The second kappa shape index (κ2) is 7.83. The molecule has 3 aromatic rings. The molecule has 5 rings (SSSR count). The van der Waals surface area contributed by atoms with Crippen LogP contribution in [0.5, 0.6) is 11.5 Å². The van der Waals surface area contributed by atoms with Crippen LogP contribution in [0.15, 0.2) is 83.8 Å². The van der Waals surface area contributed by atoms with Gasteiger partial charge in [0.25, 0.3) is 0 Å². The maximum Gasteiger partial charge on any atom is 0.243 e. The molecule has 0 atom stereocenters. The van der Waals surface area contributed by atoms with Crippen LogP contribution >= 0.6 is 0 Å². The Labute approximate surface area is 181 Å². The minimum absolute atomic E-state index is 0.0278. The van der Waals surface area contributed by atoms with Crippen molar-refractivity contribution in [3.05, 3.63) is 90.0 Å². The highest BCUT2D eigenvalue weighted by molar-refractivity contribution is 7.89. The summed E-state index contributed by atoms with van der Waals surface area (Å²) in [6.07, 6.45) is 0. The van der Waals surface area contributed by atoms with Crippen molar-refractivity contribution in [2.75, 3.05) is 26.2 Å². The Bertz CT molecular complexity index is 1170. The van der Waals surface area contributed by atoms with E-state index < -0.39 is 15.9 Å². The Morgan fingerprint density at radius 1 is 0.742 bits per heavy atom. The number of nitrogens with zero attached hydrogens (tertiary/aromatic N) is 2. The fourth-order valence-electron chi connectivity index (χ4n) is 4.25. The van der Waals surface area contributed by atoms with E-state index in [9.17, 15) is 13.2 Å². The van der Waals surface area contributed by atoms with Crippen molar-refractivity contribution >= 4 is 15.9 Å². The molecule has 0 spiro atoms.